The van der Waals surface area contributed by atoms with E-state index in [4.69, 9.17) is 4.74 Å². The lowest BCUT2D eigenvalue weighted by Gasteiger charge is -1.99. The number of carbonyl (C=O) groups excluding carboxylic acids is 1. The third-order valence-electron chi connectivity index (χ3n) is 1.95. The molecule has 0 aliphatic carbocycles. The molecule has 0 bridgehead atoms. The highest BCUT2D eigenvalue weighted by atomic mass is 32.1. The van der Waals surface area contributed by atoms with Crippen LogP contribution in [-0.2, 0) is 4.74 Å². The van der Waals surface area contributed by atoms with Gasteiger partial charge in [-0.3, -0.25) is 0 Å². The first kappa shape index (κ1) is 11.3. The van der Waals surface area contributed by atoms with E-state index in [1.165, 1.54) is 11.3 Å². The Balaban J connectivity index is 2.42. The SMILES string of the molecule is CCOC(=O)c1nc(C)sc1-c1cccs1. The molecule has 0 aliphatic heterocycles. The molecule has 2 rings (SSSR count). The first-order valence-electron chi connectivity index (χ1n) is 4.90. The van der Waals surface area contributed by atoms with Crippen molar-refractivity contribution in [2.24, 2.45) is 0 Å². The zero-order valence-corrected chi connectivity index (χ0v) is 10.7. The van der Waals surface area contributed by atoms with Crippen LogP contribution in [0.25, 0.3) is 9.75 Å². The molecule has 0 atom stereocenters. The number of ether oxygens (including phenoxy) is 1. The number of rotatable bonds is 3. The fraction of sp³-hybridized carbons (Fsp3) is 0.273. The summed E-state index contributed by atoms with van der Waals surface area (Å²) in [5, 5.41) is 2.87. The van der Waals surface area contributed by atoms with Crippen LogP contribution in [0.4, 0.5) is 0 Å². The minimum atomic E-state index is -0.338. The summed E-state index contributed by atoms with van der Waals surface area (Å²) in [4.78, 5) is 17.9. The van der Waals surface area contributed by atoms with Crippen LogP contribution in [0.5, 0.6) is 0 Å². The zero-order valence-electron chi connectivity index (χ0n) is 9.02. The second-order valence-corrected chi connectivity index (χ2v) is 5.26. The minimum Gasteiger partial charge on any atom is -0.461 e. The van der Waals surface area contributed by atoms with Crippen molar-refractivity contribution in [3.8, 4) is 9.75 Å². The predicted molar refractivity (Wildman–Crippen MR) is 66.1 cm³/mol. The highest BCUT2D eigenvalue weighted by Crippen LogP contribution is 2.33. The molecule has 3 nitrogen and oxygen atoms in total. The van der Waals surface area contributed by atoms with E-state index < -0.39 is 0 Å². The van der Waals surface area contributed by atoms with Crippen molar-refractivity contribution in [1.82, 2.24) is 4.98 Å². The summed E-state index contributed by atoms with van der Waals surface area (Å²) in [6.45, 7) is 4.06. The van der Waals surface area contributed by atoms with Crippen LogP contribution >= 0.6 is 22.7 Å². The topological polar surface area (TPSA) is 39.2 Å². The first-order chi connectivity index (χ1) is 7.72. The Bertz CT molecular complexity index is 488. The maximum absolute atomic E-state index is 11.7. The molecule has 0 aromatic carbocycles. The lowest BCUT2D eigenvalue weighted by atomic mass is 10.3. The van der Waals surface area contributed by atoms with Gasteiger partial charge in [0.05, 0.1) is 16.5 Å². The molecule has 5 heteroatoms. The lowest BCUT2D eigenvalue weighted by Crippen LogP contribution is -2.06. The smallest absolute Gasteiger partial charge is 0.358 e. The van der Waals surface area contributed by atoms with Gasteiger partial charge in [-0.2, -0.15) is 0 Å². The van der Waals surface area contributed by atoms with Gasteiger partial charge in [-0.05, 0) is 25.3 Å². The van der Waals surface area contributed by atoms with Gasteiger partial charge >= 0.3 is 5.97 Å². The summed E-state index contributed by atoms with van der Waals surface area (Å²) < 4.78 is 4.99. The van der Waals surface area contributed by atoms with Gasteiger partial charge in [-0.1, -0.05) is 6.07 Å². The van der Waals surface area contributed by atoms with Gasteiger partial charge in [0, 0.05) is 4.88 Å². The molecule has 0 aliphatic rings. The second kappa shape index (κ2) is 4.76. The van der Waals surface area contributed by atoms with Gasteiger partial charge in [-0.25, -0.2) is 9.78 Å². The van der Waals surface area contributed by atoms with Crippen LogP contribution in [0.3, 0.4) is 0 Å². The summed E-state index contributed by atoms with van der Waals surface area (Å²) >= 11 is 3.13. The van der Waals surface area contributed by atoms with Crippen molar-refractivity contribution >= 4 is 28.6 Å². The van der Waals surface area contributed by atoms with E-state index in [0.717, 1.165) is 14.8 Å². The monoisotopic (exact) mass is 253 g/mol. The Morgan fingerprint density at radius 2 is 2.38 bits per heavy atom. The van der Waals surface area contributed by atoms with Crippen LogP contribution in [0.2, 0.25) is 0 Å². The molecule has 0 saturated carbocycles. The maximum Gasteiger partial charge on any atom is 0.358 e. The van der Waals surface area contributed by atoms with E-state index in [-0.39, 0.29) is 5.97 Å². The molecule has 0 fully saturated rings. The van der Waals surface area contributed by atoms with Crippen LogP contribution in [0, 0.1) is 6.92 Å². The molecule has 0 saturated heterocycles. The number of thiazole rings is 1. The Morgan fingerprint density at radius 3 is 3.00 bits per heavy atom. The molecule has 0 amide bonds. The summed E-state index contributed by atoms with van der Waals surface area (Å²) in [5.74, 6) is -0.338. The summed E-state index contributed by atoms with van der Waals surface area (Å²) in [6, 6.07) is 3.95. The zero-order chi connectivity index (χ0) is 11.5. The van der Waals surface area contributed by atoms with Gasteiger partial charge in [0.25, 0.3) is 0 Å². The molecule has 2 heterocycles. The molecule has 16 heavy (non-hydrogen) atoms. The quantitative estimate of drug-likeness (QED) is 0.787. The number of esters is 1. The van der Waals surface area contributed by atoms with Crippen molar-refractivity contribution in [2.45, 2.75) is 13.8 Å². The number of thiophene rings is 1. The minimum absolute atomic E-state index is 0.338. The Kier molecular flexibility index (Phi) is 3.36. The van der Waals surface area contributed by atoms with E-state index in [9.17, 15) is 4.79 Å². The van der Waals surface area contributed by atoms with E-state index in [2.05, 4.69) is 4.98 Å². The second-order valence-electron chi connectivity index (χ2n) is 3.11. The Labute approximate surface area is 102 Å². The molecule has 84 valence electrons. The molecular weight excluding hydrogens is 242 g/mol. The van der Waals surface area contributed by atoms with E-state index in [1.807, 2.05) is 24.4 Å². The number of nitrogens with zero attached hydrogens (tertiary/aromatic N) is 1. The predicted octanol–water partition coefficient (Wildman–Crippen LogP) is 3.36. The molecule has 2 aromatic rings. The Hall–Kier alpha value is -1.20. The van der Waals surface area contributed by atoms with Gasteiger partial charge in [-0.15, -0.1) is 22.7 Å². The molecule has 0 radical (unpaired) electrons. The van der Waals surface area contributed by atoms with E-state index in [1.54, 1.807) is 18.3 Å². The fourth-order valence-corrected chi connectivity index (χ4v) is 3.10. The van der Waals surface area contributed by atoms with Gasteiger partial charge in [0.1, 0.15) is 0 Å². The Morgan fingerprint density at radius 1 is 1.56 bits per heavy atom. The summed E-state index contributed by atoms with van der Waals surface area (Å²) in [5.41, 5.74) is 0.437. The average molecular weight is 253 g/mol. The molecule has 0 N–H and O–H groups in total. The van der Waals surface area contributed by atoms with Crippen LogP contribution in [0.15, 0.2) is 17.5 Å². The summed E-state index contributed by atoms with van der Waals surface area (Å²) in [6.07, 6.45) is 0. The number of carbonyl (C=O) groups is 1. The number of aromatic nitrogens is 1. The number of aryl methyl sites for hydroxylation is 1. The van der Waals surface area contributed by atoms with Crippen molar-refractivity contribution in [3.05, 3.63) is 28.2 Å². The van der Waals surface area contributed by atoms with Crippen LogP contribution < -0.4 is 0 Å². The normalized spacial score (nSPS) is 10.4. The fourth-order valence-electron chi connectivity index (χ4n) is 1.34. The van der Waals surface area contributed by atoms with Crippen molar-refractivity contribution < 1.29 is 9.53 Å². The van der Waals surface area contributed by atoms with Gasteiger partial charge in [0.2, 0.25) is 0 Å². The molecule has 0 spiro atoms. The van der Waals surface area contributed by atoms with E-state index >= 15 is 0 Å². The molecule has 0 unspecified atom stereocenters. The highest BCUT2D eigenvalue weighted by Gasteiger charge is 2.19. The van der Waals surface area contributed by atoms with Crippen molar-refractivity contribution in [1.29, 1.82) is 0 Å². The van der Waals surface area contributed by atoms with Crippen LogP contribution in [-0.4, -0.2) is 17.6 Å². The highest BCUT2D eigenvalue weighted by molar-refractivity contribution is 7.21. The number of hydrogen-bond acceptors (Lipinski definition) is 5. The van der Waals surface area contributed by atoms with E-state index in [0.29, 0.717) is 12.3 Å². The lowest BCUT2D eigenvalue weighted by molar-refractivity contribution is 0.0521. The van der Waals surface area contributed by atoms with Gasteiger partial charge < -0.3 is 4.74 Å². The molecule has 2 aromatic heterocycles. The van der Waals surface area contributed by atoms with Gasteiger partial charge in [0.15, 0.2) is 5.69 Å². The third kappa shape index (κ3) is 2.15. The summed E-state index contributed by atoms with van der Waals surface area (Å²) in [7, 11) is 0. The standard InChI is InChI=1S/C11H11NO2S2/c1-3-14-11(13)9-10(16-7(2)12-9)8-5-4-6-15-8/h4-6H,3H2,1-2H3. The molecular formula is C11H11NO2S2. The maximum atomic E-state index is 11.7. The largest absolute Gasteiger partial charge is 0.461 e. The third-order valence-corrected chi connectivity index (χ3v) is 3.97. The number of hydrogen-bond donors (Lipinski definition) is 0. The first-order valence-corrected chi connectivity index (χ1v) is 6.60. The van der Waals surface area contributed by atoms with Crippen molar-refractivity contribution in [2.75, 3.05) is 6.61 Å². The van der Waals surface area contributed by atoms with Crippen molar-refractivity contribution in [3.63, 3.8) is 0 Å². The van der Waals surface area contributed by atoms with Crippen LogP contribution in [0.1, 0.15) is 22.4 Å². The average Bonchev–Trinajstić information content (AvgIpc) is 2.85.